The quantitative estimate of drug-likeness (QED) is 0.597. The Morgan fingerprint density at radius 3 is 2.46 bits per heavy atom. The number of nitrogens with two attached hydrogens (primary N) is 1. The van der Waals surface area contributed by atoms with E-state index >= 15 is 0 Å². The first-order valence-electron chi connectivity index (χ1n) is 8.23. The monoisotopic (exact) mass is 338 g/mol. The van der Waals surface area contributed by atoms with E-state index in [1.165, 1.54) is 0 Å². The van der Waals surface area contributed by atoms with Crippen LogP contribution in [0.2, 0.25) is 0 Å². The van der Waals surface area contributed by atoms with Gasteiger partial charge in [0.1, 0.15) is 11.7 Å². The van der Waals surface area contributed by atoms with Gasteiger partial charge in [0.25, 0.3) is 0 Å². The van der Waals surface area contributed by atoms with Gasteiger partial charge in [-0.2, -0.15) is 0 Å². The van der Waals surface area contributed by atoms with Gasteiger partial charge in [-0.3, -0.25) is 0 Å². The number of alkyl carbamates (subject to hydrolysis) is 1. The van der Waals surface area contributed by atoms with E-state index in [-0.39, 0.29) is 13.0 Å². The molecular weight excluding hydrogens is 308 g/mol. The van der Waals surface area contributed by atoms with Crippen LogP contribution in [-0.2, 0) is 4.74 Å². The SMILES string of the molecule is CC(C)c1ccc(N)c(C(O)C(O)CCNC(=O)OC(C)(C)C)c1. The van der Waals surface area contributed by atoms with Gasteiger partial charge in [0.05, 0.1) is 6.10 Å². The third-order valence-electron chi connectivity index (χ3n) is 3.57. The summed E-state index contributed by atoms with van der Waals surface area (Å²) in [4.78, 5) is 11.6. The second-order valence-corrected chi connectivity index (χ2v) is 7.27. The zero-order chi connectivity index (χ0) is 18.5. The Bertz CT molecular complexity index is 552. The van der Waals surface area contributed by atoms with Gasteiger partial charge >= 0.3 is 6.09 Å². The van der Waals surface area contributed by atoms with Crippen molar-refractivity contribution < 1.29 is 19.7 Å². The molecule has 0 aliphatic carbocycles. The average molecular weight is 338 g/mol. The van der Waals surface area contributed by atoms with Crippen LogP contribution in [0.25, 0.3) is 0 Å². The van der Waals surface area contributed by atoms with Gasteiger partial charge in [-0.05, 0) is 44.7 Å². The lowest BCUT2D eigenvalue weighted by molar-refractivity contribution is 0.0126. The number of carbonyl (C=O) groups excluding carboxylic acids is 1. The number of rotatable bonds is 6. The predicted molar refractivity (Wildman–Crippen MR) is 94.8 cm³/mol. The molecule has 0 aliphatic heterocycles. The maximum Gasteiger partial charge on any atom is 0.407 e. The van der Waals surface area contributed by atoms with E-state index in [9.17, 15) is 15.0 Å². The maximum absolute atomic E-state index is 11.6. The Balaban J connectivity index is 2.61. The van der Waals surface area contributed by atoms with Crippen molar-refractivity contribution in [1.82, 2.24) is 5.32 Å². The smallest absolute Gasteiger partial charge is 0.407 e. The molecule has 1 rings (SSSR count). The number of benzene rings is 1. The summed E-state index contributed by atoms with van der Waals surface area (Å²) >= 11 is 0. The number of aliphatic hydroxyl groups is 2. The number of aliphatic hydroxyl groups excluding tert-OH is 2. The maximum atomic E-state index is 11.6. The molecule has 1 amide bonds. The van der Waals surface area contributed by atoms with Gasteiger partial charge in [-0.15, -0.1) is 0 Å². The molecule has 0 saturated carbocycles. The molecule has 6 heteroatoms. The topological polar surface area (TPSA) is 105 Å². The lowest BCUT2D eigenvalue weighted by Crippen LogP contribution is -2.34. The number of nitrogens with one attached hydrogen (secondary N) is 1. The average Bonchev–Trinajstić information content (AvgIpc) is 2.44. The highest BCUT2D eigenvalue weighted by Crippen LogP contribution is 2.28. The molecule has 0 fully saturated rings. The van der Waals surface area contributed by atoms with Crippen LogP contribution in [0.3, 0.4) is 0 Å². The number of ether oxygens (including phenoxy) is 1. The molecule has 0 bridgehead atoms. The standard InChI is InChI=1S/C18H30N2O4/c1-11(2)12-6-7-14(19)13(10-12)16(22)15(21)8-9-20-17(23)24-18(3,4)5/h6-7,10-11,15-16,21-22H,8-9,19H2,1-5H3,(H,20,23). The minimum atomic E-state index is -1.11. The van der Waals surface area contributed by atoms with Crippen molar-refractivity contribution in [3.63, 3.8) is 0 Å². The van der Waals surface area contributed by atoms with Gasteiger partial charge in [-0.25, -0.2) is 4.79 Å². The largest absolute Gasteiger partial charge is 0.444 e. The second kappa shape index (κ2) is 8.35. The van der Waals surface area contributed by atoms with Crippen LogP contribution in [0.4, 0.5) is 10.5 Å². The molecule has 1 aromatic rings. The zero-order valence-corrected chi connectivity index (χ0v) is 15.2. The van der Waals surface area contributed by atoms with E-state index < -0.39 is 23.9 Å². The van der Waals surface area contributed by atoms with Gasteiger partial charge in [-0.1, -0.05) is 26.0 Å². The third-order valence-corrected chi connectivity index (χ3v) is 3.57. The summed E-state index contributed by atoms with van der Waals surface area (Å²) in [5, 5.41) is 23.1. The minimum absolute atomic E-state index is 0.186. The van der Waals surface area contributed by atoms with Crippen molar-refractivity contribution in [2.45, 2.75) is 64.8 Å². The normalized spacial score (nSPS) is 14.3. The molecule has 2 atom stereocenters. The van der Waals surface area contributed by atoms with E-state index in [0.717, 1.165) is 5.56 Å². The first-order valence-corrected chi connectivity index (χ1v) is 8.23. The number of anilines is 1. The van der Waals surface area contributed by atoms with Crippen LogP contribution in [0.1, 0.15) is 64.2 Å². The van der Waals surface area contributed by atoms with Crippen LogP contribution < -0.4 is 11.1 Å². The summed E-state index contributed by atoms with van der Waals surface area (Å²) in [6, 6.07) is 5.46. The lowest BCUT2D eigenvalue weighted by atomic mass is 9.94. The summed E-state index contributed by atoms with van der Waals surface area (Å²) < 4.78 is 5.11. The summed E-state index contributed by atoms with van der Waals surface area (Å²) in [5.74, 6) is 0.294. The molecule has 24 heavy (non-hydrogen) atoms. The summed E-state index contributed by atoms with van der Waals surface area (Å²) in [5.41, 5.74) is 7.32. The highest BCUT2D eigenvalue weighted by atomic mass is 16.6. The number of nitrogen functional groups attached to an aromatic ring is 1. The summed E-state index contributed by atoms with van der Waals surface area (Å²) in [7, 11) is 0. The number of hydrogen-bond acceptors (Lipinski definition) is 5. The zero-order valence-electron chi connectivity index (χ0n) is 15.2. The molecule has 0 aliphatic rings. The highest BCUT2D eigenvalue weighted by Gasteiger charge is 2.22. The highest BCUT2D eigenvalue weighted by molar-refractivity contribution is 5.67. The number of amides is 1. The predicted octanol–water partition coefficient (Wildman–Crippen LogP) is 2.70. The van der Waals surface area contributed by atoms with E-state index in [1.54, 1.807) is 26.8 Å². The molecular formula is C18H30N2O4. The number of carbonyl (C=O) groups is 1. The lowest BCUT2D eigenvalue weighted by Gasteiger charge is -2.22. The first-order chi connectivity index (χ1) is 11.0. The van der Waals surface area contributed by atoms with Crippen molar-refractivity contribution >= 4 is 11.8 Å². The van der Waals surface area contributed by atoms with Gasteiger partial charge in [0, 0.05) is 17.8 Å². The van der Waals surface area contributed by atoms with Gasteiger partial charge in [0.2, 0.25) is 0 Å². The van der Waals surface area contributed by atoms with Gasteiger partial charge in [0.15, 0.2) is 0 Å². The van der Waals surface area contributed by atoms with E-state index in [2.05, 4.69) is 5.32 Å². The fraction of sp³-hybridized carbons (Fsp3) is 0.611. The molecule has 1 aromatic carbocycles. The molecule has 6 nitrogen and oxygen atoms in total. The molecule has 0 heterocycles. The molecule has 0 aromatic heterocycles. The van der Waals surface area contributed by atoms with Crippen LogP contribution >= 0.6 is 0 Å². The van der Waals surface area contributed by atoms with E-state index in [0.29, 0.717) is 17.2 Å². The van der Waals surface area contributed by atoms with E-state index in [1.807, 2.05) is 26.0 Å². The Morgan fingerprint density at radius 2 is 1.92 bits per heavy atom. The Kier molecular flexibility index (Phi) is 7.05. The van der Waals surface area contributed by atoms with Crippen molar-refractivity contribution in [2.24, 2.45) is 0 Å². The fourth-order valence-corrected chi connectivity index (χ4v) is 2.21. The van der Waals surface area contributed by atoms with Crippen molar-refractivity contribution in [1.29, 1.82) is 0 Å². The second-order valence-electron chi connectivity index (χ2n) is 7.27. The van der Waals surface area contributed by atoms with Crippen molar-refractivity contribution in [2.75, 3.05) is 12.3 Å². The minimum Gasteiger partial charge on any atom is -0.444 e. The van der Waals surface area contributed by atoms with Crippen LogP contribution in [0.5, 0.6) is 0 Å². The van der Waals surface area contributed by atoms with Crippen LogP contribution in [0, 0.1) is 0 Å². The molecule has 136 valence electrons. The van der Waals surface area contributed by atoms with Crippen LogP contribution in [-0.4, -0.2) is 34.6 Å². The Hall–Kier alpha value is -1.79. The molecule has 5 N–H and O–H groups in total. The first kappa shape index (κ1) is 20.3. The summed E-state index contributed by atoms with van der Waals surface area (Å²) in [6.07, 6.45) is -2.51. The fourth-order valence-electron chi connectivity index (χ4n) is 2.21. The van der Waals surface area contributed by atoms with E-state index in [4.69, 9.17) is 10.5 Å². The molecule has 0 radical (unpaired) electrons. The summed E-state index contributed by atoms with van der Waals surface area (Å²) in [6.45, 7) is 9.60. The third kappa shape index (κ3) is 6.37. The van der Waals surface area contributed by atoms with Crippen molar-refractivity contribution in [3.05, 3.63) is 29.3 Å². The number of hydrogen-bond donors (Lipinski definition) is 4. The van der Waals surface area contributed by atoms with Crippen molar-refractivity contribution in [3.8, 4) is 0 Å². The Labute approximate surface area is 144 Å². The van der Waals surface area contributed by atoms with Gasteiger partial charge < -0.3 is 26.0 Å². The van der Waals surface area contributed by atoms with Crippen LogP contribution in [0.15, 0.2) is 18.2 Å². The molecule has 0 saturated heterocycles. The Morgan fingerprint density at radius 1 is 1.29 bits per heavy atom. The molecule has 0 spiro atoms. The molecule has 2 unspecified atom stereocenters.